The van der Waals surface area contributed by atoms with Crippen molar-refractivity contribution in [1.29, 1.82) is 5.26 Å². The highest BCUT2D eigenvalue weighted by atomic mass is 32.2. The fourth-order valence-corrected chi connectivity index (χ4v) is 3.13. The Hall–Kier alpha value is -1.91. The molecule has 25 heavy (non-hydrogen) atoms. The number of methoxy groups -OCH3 is 1. The van der Waals surface area contributed by atoms with Crippen LogP contribution in [0.5, 0.6) is 11.5 Å². The number of benzene rings is 1. The van der Waals surface area contributed by atoms with Crippen molar-refractivity contribution in [2.24, 2.45) is 4.99 Å². The molecule has 0 atom stereocenters. The molecule has 0 amide bonds. The van der Waals surface area contributed by atoms with E-state index in [2.05, 4.69) is 15.2 Å². The Balaban J connectivity index is 1.89. The minimum absolute atomic E-state index is 0.541. The second-order valence-corrected chi connectivity index (χ2v) is 6.59. The molecule has 0 unspecified atom stereocenters. The third kappa shape index (κ3) is 6.48. The third-order valence-corrected chi connectivity index (χ3v) is 4.64. The highest BCUT2D eigenvalue weighted by Crippen LogP contribution is 2.32. The standard InChI is InChI=1S/C18H26N4O2S/c1-23-17-13-15(21-18(25-2)20-14-19)7-8-16(17)24-12-6-11-22-9-4-3-5-10-22/h7-8,13H,3-6,9-12H2,1-2H3,(H,20,21). The lowest BCUT2D eigenvalue weighted by Gasteiger charge is -2.26. The van der Waals surface area contributed by atoms with Crippen molar-refractivity contribution in [1.82, 2.24) is 10.2 Å². The molecule has 1 N–H and O–H groups in total. The first kappa shape index (κ1) is 19.4. The largest absolute Gasteiger partial charge is 0.493 e. The molecular formula is C18H26N4O2S. The molecular weight excluding hydrogens is 336 g/mol. The fourth-order valence-electron chi connectivity index (χ4n) is 2.79. The highest BCUT2D eigenvalue weighted by molar-refractivity contribution is 8.13. The maximum absolute atomic E-state index is 8.70. The summed E-state index contributed by atoms with van der Waals surface area (Å²) in [5.41, 5.74) is 0.713. The Labute approximate surface area is 154 Å². The van der Waals surface area contributed by atoms with Crippen LogP contribution < -0.4 is 14.8 Å². The van der Waals surface area contributed by atoms with E-state index in [1.165, 1.54) is 44.1 Å². The molecule has 6 nitrogen and oxygen atoms in total. The molecule has 7 heteroatoms. The summed E-state index contributed by atoms with van der Waals surface area (Å²) in [5, 5.41) is 11.8. The molecule has 0 radical (unpaired) electrons. The molecule has 0 aromatic heterocycles. The lowest BCUT2D eigenvalue weighted by molar-refractivity contribution is 0.203. The number of nitriles is 1. The number of rotatable bonds is 7. The SMILES string of the molecule is COc1cc(N=C(NC#N)SC)ccc1OCCCN1CCCCC1. The predicted octanol–water partition coefficient (Wildman–Crippen LogP) is 3.37. The molecule has 1 aliphatic rings. The van der Waals surface area contributed by atoms with E-state index in [1.807, 2.05) is 30.6 Å². The molecule has 136 valence electrons. The van der Waals surface area contributed by atoms with Crippen LogP contribution in [0, 0.1) is 11.5 Å². The summed E-state index contributed by atoms with van der Waals surface area (Å²) in [6, 6.07) is 5.54. The molecule has 0 bridgehead atoms. The van der Waals surface area contributed by atoms with Crippen LogP contribution in [0.2, 0.25) is 0 Å². The van der Waals surface area contributed by atoms with E-state index in [0.717, 1.165) is 18.7 Å². The number of aliphatic imine (C=N–C) groups is 1. The first-order valence-electron chi connectivity index (χ1n) is 8.58. The molecule has 1 aromatic carbocycles. The number of piperidine rings is 1. The van der Waals surface area contributed by atoms with Gasteiger partial charge in [0.1, 0.15) is 0 Å². The van der Waals surface area contributed by atoms with Gasteiger partial charge in [0.2, 0.25) is 0 Å². The van der Waals surface area contributed by atoms with Gasteiger partial charge >= 0.3 is 0 Å². The smallest absolute Gasteiger partial charge is 0.183 e. The van der Waals surface area contributed by atoms with E-state index in [0.29, 0.717) is 23.2 Å². The van der Waals surface area contributed by atoms with E-state index in [9.17, 15) is 0 Å². The van der Waals surface area contributed by atoms with Gasteiger partial charge in [-0.3, -0.25) is 5.32 Å². The number of hydrogen-bond acceptors (Lipinski definition) is 6. The summed E-state index contributed by atoms with van der Waals surface area (Å²) in [5.74, 6) is 1.37. The van der Waals surface area contributed by atoms with Gasteiger partial charge in [0.15, 0.2) is 22.9 Å². The van der Waals surface area contributed by atoms with Crippen LogP contribution in [0.3, 0.4) is 0 Å². The topological polar surface area (TPSA) is 69.9 Å². The van der Waals surface area contributed by atoms with Crippen molar-refractivity contribution in [3.8, 4) is 17.7 Å². The minimum atomic E-state index is 0.541. The summed E-state index contributed by atoms with van der Waals surface area (Å²) >= 11 is 1.38. The van der Waals surface area contributed by atoms with Crippen LogP contribution in [-0.4, -0.2) is 49.7 Å². The zero-order valence-electron chi connectivity index (χ0n) is 15.0. The fraction of sp³-hybridized carbons (Fsp3) is 0.556. The number of amidine groups is 1. The monoisotopic (exact) mass is 362 g/mol. The predicted molar refractivity (Wildman–Crippen MR) is 103 cm³/mol. The van der Waals surface area contributed by atoms with Crippen molar-refractivity contribution in [2.75, 3.05) is 39.6 Å². The first-order chi connectivity index (χ1) is 12.3. The summed E-state index contributed by atoms with van der Waals surface area (Å²) in [6.45, 7) is 4.18. The van der Waals surface area contributed by atoms with Gasteiger partial charge in [-0.15, -0.1) is 0 Å². The van der Waals surface area contributed by atoms with Gasteiger partial charge in [-0.05, 0) is 50.7 Å². The zero-order valence-corrected chi connectivity index (χ0v) is 15.8. The Morgan fingerprint density at radius 3 is 2.80 bits per heavy atom. The molecule has 0 saturated carbocycles. The molecule has 1 aliphatic heterocycles. The average molecular weight is 362 g/mol. The van der Waals surface area contributed by atoms with Crippen molar-refractivity contribution in [3.05, 3.63) is 18.2 Å². The van der Waals surface area contributed by atoms with Gasteiger partial charge in [0.25, 0.3) is 0 Å². The molecule has 2 rings (SSSR count). The maximum Gasteiger partial charge on any atom is 0.183 e. The Bertz CT molecular complexity index is 610. The second-order valence-electron chi connectivity index (χ2n) is 5.80. The van der Waals surface area contributed by atoms with Gasteiger partial charge in [0.05, 0.1) is 19.4 Å². The zero-order chi connectivity index (χ0) is 17.9. The summed E-state index contributed by atoms with van der Waals surface area (Å²) in [4.78, 5) is 6.89. The maximum atomic E-state index is 8.70. The highest BCUT2D eigenvalue weighted by Gasteiger charge is 2.10. The number of hydrogen-bond donors (Lipinski definition) is 1. The van der Waals surface area contributed by atoms with E-state index >= 15 is 0 Å². The quantitative estimate of drug-likeness (QED) is 0.264. The minimum Gasteiger partial charge on any atom is -0.493 e. The number of nitrogens with zero attached hydrogens (tertiary/aromatic N) is 3. The van der Waals surface area contributed by atoms with E-state index in [4.69, 9.17) is 14.7 Å². The summed E-state index contributed by atoms with van der Waals surface area (Å²) < 4.78 is 11.3. The Kier molecular flexibility index (Phi) is 8.43. The van der Waals surface area contributed by atoms with Crippen molar-refractivity contribution in [3.63, 3.8) is 0 Å². The van der Waals surface area contributed by atoms with Crippen LogP contribution in [0.1, 0.15) is 25.7 Å². The van der Waals surface area contributed by atoms with Gasteiger partial charge in [-0.25, -0.2) is 4.99 Å². The van der Waals surface area contributed by atoms with Crippen LogP contribution in [0.4, 0.5) is 5.69 Å². The van der Waals surface area contributed by atoms with Crippen molar-refractivity contribution < 1.29 is 9.47 Å². The Morgan fingerprint density at radius 1 is 1.32 bits per heavy atom. The van der Waals surface area contributed by atoms with E-state index in [1.54, 1.807) is 7.11 Å². The molecule has 0 aliphatic carbocycles. The van der Waals surface area contributed by atoms with Crippen LogP contribution >= 0.6 is 11.8 Å². The van der Waals surface area contributed by atoms with Gasteiger partial charge in [-0.2, -0.15) is 5.26 Å². The Morgan fingerprint density at radius 2 is 2.12 bits per heavy atom. The number of thioether (sulfide) groups is 1. The normalized spacial score (nSPS) is 15.5. The lowest BCUT2D eigenvalue weighted by atomic mass is 10.1. The molecule has 1 saturated heterocycles. The van der Waals surface area contributed by atoms with Gasteiger partial charge in [-0.1, -0.05) is 18.2 Å². The van der Waals surface area contributed by atoms with Crippen molar-refractivity contribution in [2.45, 2.75) is 25.7 Å². The van der Waals surface area contributed by atoms with E-state index in [-0.39, 0.29) is 0 Å². The third-order valence-electron chi connectivity index (χ3n) is 4.06. The number of ether oxygens (including phenoxy) is 2. The lowest BCUT2D eigenvalue weighted by Crippen LogP contribution is -2.31. The van der Waals surface area contributed by atoms with Crippen molar-refractivity contribution >= 4 is 22.6 Å². The first-order valence-corrected chi connectivity index (χ1v) is 9.80. The molecule has 1 heterocycles. The molecule has 0 spiro atoms. The average Bonchev–Trinajstić information content (AvgIpc) is 2.66. The van der Waals surface area contributed by atoms with Gasteiger partial charge < -0.3 is 14.4 Å². The summed E-state index contributed by atoms with van der Waals surface area (Å²) in [7, 11) is 1.62. The number of likely N-dealkylation sites (tertiary alicyclic amines) is 1. The van der Waals surface area contributed by atoms with E-state index < -0.39 is 0 Å². The van der Waals surface area contributed by atoms with Crippen LogP contribution in [0.25, 0.3) is 0 Å². The molecule has 1 aromatic rings. The second kappa shape index (κ2) is 10.9. The summed E-state index contributed by atoms with van der Waals surface area (Å²) in [6.07, 6.45) is 8.74. The van der Waals surface area contributed by atoms with Gasteiger partial charge in [0, 0.05) is 12.6 Å². The van der Waals surface area contributed by atoms with Crippen LogP contribution in [-0.2, 0) is 0 Å². The van der Waals surface area contributed by atoms with Crippen LogP contribution in [0.15, 0.2) is 23.2 Å². The number of nitrogens with one attached hydrogen (secondary N) is 1. The molecule has 1 fully saturated rings.